The first kappa shape index (κ1) is 13.8. The van der Waals surface area contributed by atoms with Crippen LogP contribution in [0.25, 0.3) is 0 Å². The second-order valence-corrected chi connectivity index (χ2v) is 5.07. The third kappa shape index (κ3) is 3.23. The number of likely N-dealkylation sites (tertiary alicyclic amines) is 1. The van der Waals surface area contributed by atoms with Crippen molar-refractivity contribution < 1.29 is 9.66 Å². The van der Waals surface area contributed by atoms with Crippen LogP contribution in [-0.4, -0.2) is 29.5 Å². The fourth-order valence-corrected chi connectivity index (χ4v) is 2.61. The van der Waals surface area contributed by atoms with Crippen LogP contribution in [0.2, 0.25) is 0 Å². The molecule has 19 heavy (non-hydrogen) atoms. The maximum absolute atomic E-state index is 10.9. The fraction of sp³-hybridized carbons (Fsp3) is 0.571. The summed E-state index contributed by atoms with van der Waals surface area (Å²) in [6.45, 7) is 3.97. The molecule has 0 radical (unpaired) electrons. The summed E-state index contributed by atoms with van der Waals surface area (Å²) in [5.41, 5.74) is 1.02. The number of nitro groups is 1. The van der Waals surface area contributed by atoms with E-state index in [9.17, 15) is 10.1 Å². The lowest BCUT2D eigenvalue weighted by Gasteiger charge is -2.33. The summed E-state index contributed by atoms with van der Waals surface area (Å²) >= 11 is 0. The number of non-ortho nitro benzene ring substituents is 1. The van der Waals surface area contributed by atoms with Gasteiger partial charge in [0, 0.05) is 30.3 Å². The van der Waals surface area contributed by atoms with Crippen LogP contribution in [0.1, 0.15) is 31.7 Å². The van der Waals surface area contributed by atoms with E-state index in [2.05, 4.69) is 11.8 Å². The van der Waals surface area contributed by atoms with E-state index in [1.54, 1.807) is 19.2 Å². The zero-order valence-electron chi connectivity index (χ0n) is 11.5. The van der Waals surface area contributed by atoms with E-state index in [1.807, 2.05) is 0 Å². The summed E-state index contributed by atoms with van der Waals surface area (Å²) in [6.07, 6.45) is 3.66. The normalized spacial score (nSPS) is 20.2. The number of hydrogen-bond donors (Lipinski definition) is 0. The third-order valence-corrected chi connectivity index (χ3v) is 3.79. The Labute approximate surface area is 113 Å². The SMILES string of the molecule is COc1ccc([N+](=O)[O-])cc1CN1CCCCC1C. The molecule has 1 aromatic rings. The predicted octanol–water partition coefficient (Wildman–Crippen LogP) is 2.98. The third-order valence-electron chi connectivity index (χ3n) is 3.79. The second-order valence-electron chi connectivity index (χ2n) is 5.07. The molecular formula is C14H20N2O3. The molecular weight excluding hydrogens is 244 g/mol. The van der Waals surface area contributed by atoms with E-state index in [1.165, 1.54) is 25.3 Å². The first-order valence-corrected chi connectivity index (χ1v) is 6.67. The van der Waals surface area contributed by atoms with Crippen molar-refractivity contribution in [1.82, 2.24) is 4.90 Å². The first-order valence-electron chi connectivity index (χ1n) is 6.67. The number of nitrogens with zero attached hydrogens (tertiary/aromatic N) is 2. The number of nitro benzene ring substituents is 1. The monoisotopic (exact) mass is 264 g/mol. The first-order chi connectivity index (χ1) is 9.11. The fourth-order valence-electron chi connectivity index (χ4n) is 2.61. The van der Waals surface area contributed by atoms with Gasteiger partial charge in [-0.2, -0.15) is 0 Å². The molecule has 104 valence electrons. The van der Waals surface area contributed by atoms with Crippen LogP contribution >= 0.6 is 0 Å². The average Bonchev–Trinajstić information content (AvgIpc) is 2.41. The highest BCUT2D eigenvalue weighted by atomic mass is 16.6. The molecule has 1 atom stereocenters. The maximum atomic E-state index is 10.9. The lowest BCUT2D eigenvalue weighted by atomic mass is 10.0. The van der Waals surface area contributed by atoms with Gasteiger partial charge >= 0.3 is 0 Å². The van der Waals surface area contributed by atoms with Gasteiger partial charge in [0.25, 0.3) is 5.69 Å². The minimum Gasteiger partial charge on any atom is -0.496 e. The van der Waals surface area contributed by atoms with E-state index in [4.69, 9.17) is 4.74 Å². The summed E-state index contributed by atoms with van der Waals surface area (Å²) in [5, 5.41) is 10.9. The smallest absolute Gasteiger partial charge is 0.270 e. The Hall–Kier alpha value is -1.62. The van der Waals surface area contributed by atoms with E-state index in [0.717, 1.165) is 17.9 Å². The molecule has 1 aromatic carbocycles. The number of methoxy groups -OCH3 is 1. The molecule has 0 amide bonds. The zero-order chi connectivity index (χ0) is 13.8. The van der Waals surface area contributed by atoms with Crippen LogP contribution in [0.3, 0.4) is 0 Å². The van der Waals surface area contributed by atoms with Crippen LogP contribution in [0.15, 0.2) is 18.2 Å². The van der Waals surface area contributed by atoms with Crippen molar-refractivity contribution >= 4 is 5.69 Å². The molecule has 5 heteroatoms. The molecule has 1 heterocycles. The molecule has 1 aliphatic heterocycles. The molecule has 0 aromatic heterocycles. The van der Waals surface area contributed by atoms with Crippen LogP contribution < -0.4 is 4.74 Å². The minimum atomic E-state index is -0.359. The van der Waals surface area contributed by atoms with Gasteiger partial charge in [0.2, 0.25) is 0 Å². The molecule has 2 rings (SSSR count). The average molecular weight is 264 g/mol. The topological polar surface area (TPSA) is 55.6 Å². The molecule has 5 nitrogen and oxygen atoms in total. The number of rotatable bonds is 4. The Morgan fingerprint density at radius 3 is 2.89 bits per heavy atom. The van der Waals surface area contributed by atoms with Crippen molar-refractivity contribution in [3.8, 4) is 5.75 Å². The summed E-state index contributed by atoms with van der Waals surface area (Å²) in [6, 6.07) is 5.32. The summed E-state index contributed by atoms with van der Waals surface area (Å²) in [5.74, 6) is 0.725. The molecule has 0 saturated carbocycles. The van der Waals surface area contributed by atoms with Crippen molar-refractivity contribution in [3.63, 3.8) is 0 Å². The van der Waals surface area contributed by atoms with Crippen molar-refractivity contribution in [3.05, 3.63) is 33.9 Å². The Morgan fingerprint density at radius 2 is 2.26 bits per heavy atom. The Bertz CT molecular complexity index is 462. The van der Waals surface area contributed by atoms with E-state index in [-0.39, 0.29) is 10.6 Å². The van der Waals surface area contributed by atoms with Gasteiger partial charge in [0.1, 0.15) is 5.75 Å². The quantitative estimate of drug-likeness (QED) is 0.619. The van der Waals surface area contributed by atoms with Gasteiger partial charge in [-0.3, -0.25) is 15.0 Å². The van der Waals surface area contributed by atoms with Crippen LogP contribution in [0.5, 0.6) is 5.75 Å². The predicted molar refractivity (Wildman–Crippen MR) is 73.4 cm³/mol. The van der Waals surface area contributed by atoms with E-state index < -0.39 is 0 Å². The molecule has 0 aliphatic carbocycles. The lowest BCUT2D eigenvalue weighted by molar-refractivity contribution is -0.385. The standard InChI is InChI=1S/C14H20N2O3/c1-11-5-3-4-8-15(11)10-12-9-13(16(17)18)6-7-14(12)19-2/h6-7,9,11H,3-5,8,10H2,1-2H3. The molecule has 1 unspecified atom stereocenters. The molecule has 0 bridgehead atoms. The summed E-state index contributed by atoms with van der Waals surface area (Å²) in [7, 11) is 1.60. The minimum absolute atomic E-state index is 0.125. The van der Waals surface area contributed by atoms with Gasteiger partial charge in [-0.15, -0.1) is 0 Å². The van der Waals surface area contributed by atoms with Crippen LogP contribution in [-0.2, 0) is 6.54 Å². The Kier molecular flexibility index (Phi) is 4.37. The largest absolute Gasteiger partial charge is 0.496 e. The summed E-state index contributed by atoms with van der Waals surface area (Å²) in [4.78, 5) is 12.9. The highest BCUT2D eigenvalue weighted by Crippen LogP contribution is 2.27. The molecule has 1 aliphatic rings. The van der Waals surface area contributed by atoms with Gasteiger partial charge in [-0.1, -0.05) is 6.42 Å². The van der Waals surface area contributed by atoms with E-state index in [0.29, 0.717) is 12.6 Å². The molecule has 0 N–H and O–H groups in total. The lowest BCUT2D eigenvalue weighted by Crippen LogP contribution is -2.36. The van der Waals surface area contributed by atoms with Crippen molar-refractivity contribution in [1.29, 1.82) is 0 Å². The van der Waals surface area contributed by atoms with Crippen molar-refractivity contribution in [2.75, 3.05) is 13.7 Å². The van der Waals surface area contributed by atoms with Crippen LogP contribution in [0, 0.1) is 10.1 Å². The molecule has 1 fully saturated rings. The van der Waals surface area contributed by atoms with Gasteiger partial charge in [0.15, 0.2) is 0 Å². The molecule has 0 spiro atoms. The Morgan fingerprint density at radius 1 is 1.47 bits per heavy atom. The van der Waals surface area contributed by atoms with Gasteiger partial charge in [0.05, 0.1) is 12.0 Å². The van der Waals surface area contributed by atoms with E-state index >= 15 is 0 Å². The van der Waals surface area contributed by atoms with Crippen molar-refractivity contribution in [2.45, 2.75) is 38.8 Å². The van der Waals surface area contributed by atoms with Crippen LogP contribution in [0.4, 0.5) is 5.69 Å². The number of hydrogen-bond acceptors (Lipinski definition) is 4. The Balaban J connectivity index is 2.21. The maximum Gasteiger partial charge on any atom is 0.270 e. The molecule has 1 saturated heterocycles. The second kappa shape index (κ2) is 6.02. The number of benzene rings is 1. The highest BCUT2D eigenvalue weighted by molar-refractivity contribution is 5.43. The summed E-state index contributed by atoms with van der Waals surface area (Å²) < 4.78 is 5.31. The van der Waals surface area contributed by atoms with Gasteiger partial charge in [-0.05, 0) is 32.4 Å². The number of piperidine rings is 1. The number of ether oxygens (including phenoxy) is 1. The zero-order valence-corrected chi connectivity index (χ0v) is 11.5. The van der Waals surface area contributed by atoms with Crippen molar-refractivity contribution in [2.24, 2.45) is 0 Å². The van der Waals surface area contributed by atoms with Gasteiger partial charge in [-0.25, -0.2) is 0 Å². The highest BCUT2D eigenvalue weighted by Gasteiger charge is 2.20. The van der Waals surface area contributed by atoms with Gasteiger partial charge < -0.3 is 4.74 Å².